The third kappa shape index (κ3) is 4.67. The van der Waals surface area contributed by atoms with Crippen LogP contribution < -0.4 is 10.6 Å². The lowest BCUT2D eigenvalue weighted by atomic mass is 10.0. The topological polar surface area (TPSA) is 121 Å². The first-order valence-corrected chi connectivity index (χ1v) is 11.2. The summed E-state index contributed by atoms with van der Waals surface area (Å²) in [6.07, 6.45) is 3.50. The van der Waals surface area contributed by atoms with Gasteiger partial charge in [0.25, 0.3) is 11.8 Å². The van der Waals surface area contributed by atoms with Gasteiger partial charge in [0.15, 0.2) is 0 Å². The molecule has 0 aliphatic heterocycles. The van der Waals surface area contributed by atoms with Crippen molar-refractivity contribution in [3.05, 3.63) is 80.6 Å². The minimum Gasteiger partial charge on any atom is -0.478 e. The molecule has 2 heterocycles. The van der Waals surface area contributed by atoms with E-state index in [1.807, 2.05) is 5.38 Å². The number of amides is 2. The largest absolute Gasteiger partial charge is 0.478 e. The van der Waals surface area contributed by atoms with E-state index in [4.69, 9.17) is 5.11 Å². The van der Waals surface area contributed by atoms with E-state index in [1.165, 1.54) is 23.3 Å². The fourth-order valence-electron chi connectivity index (χ4n) is 3.72. The van der Waals surface area contributed by atoms with Crippen LogP contribution in [-0.2, 0) is 19.4 Å². The van der Waals surface area contributed by atoms with Crippen LogP contribution in [0.25, 0.3) is 0 Å². The zero-order valence-corrected chi connectivity index (χ0v) is 18.2. The van der Waals surface area contributed by atoms with Crippen LogP contribution in [0.1, 0.15) is 72.3 Å². The zero-order chi connectivity index (χ0) is 22.7. The maximum Gasteiger partial charge on any atom is 0.335 e. The number of carboxylic acid groups (broad SMARTS) is 1. The second-order valence-corrected chi connectivity index (χ2v) is 8.53. The molecule has 3 N–H and O–H groups in total. The van der Waals surface area contributed by atoms with Gasteiger partial charge in [0.1, 0.15) is 17.7 Å². The molecule has 164 valence electrons. The molecule has 0 saturated heterocycles. The lowest BCUT2D eigenvalue weighted by Gasteiger charge is -2.14. The Bertz CT molecular complexity index is 1190. The lowest BCUT2D eigenvalue weighted by molar-refractivity contribution is 0.0696. The summed E-state index contributed by atoms with van der Waals surface area (Å²) in [7, 11) is 0. The molecule has 0 saturated carbocycles. The summed E-state index contributed by atoms with van der Waals surface area (Å²) in [5, 5.41) is 16.9. The highest BCUT2D eigenvalue weighted by Gasteiger charge is 2.26. The van der Waals surface area contributed by atoms with Crippen molar-refractivity contribution in [3.63, 3.8) is 0 Å². The molecule has 0 unspecified atom stereocenters. The van der Waals surface area contributed by atoms with E-state index < -0.39 is 11.9 Å². The van der Waals surface area contributed by atoms with Crippen molar-refractivity contribution in [3.8, 4) is 0 Å². The molecule has 2 amide bonds. The number of rotatable bonds is 7. The number of fused-ring (bicyclic) bond motifs is 1. The van der Waals surface area contributed by atoms with Crippen LogP contribution in [0.4, 0.5) is 0 Å². The molecule has 0 radical (unpaired) electrons. The molecule has 1 atom stereocenters. The number of carbonyl (C=O) groups excluding carboxylic acids is 2. The molecule has 9 heteroatoms. The molecule has 4 rings (SSSR count). The predicted molar refractivity (Wildman–Crippen MR) is 119 cm³/mol. The molecule has 3 aromatic rings. The van der Waals surface area contributed by atoms with E-state index in [-0.39, 0.29) is 28.9 Å². The standard InChI is InChI=1S/C23H22N4O4S/c1-2-16-7-13(11-32-16)10-24-21(28)19-9-20(26-12-25-19)22(29)27-18-6-4-14-8-15(23(30)31)3-5-17(14)18/h3,5,7-9,11-12,18H,2,4,6,10H2,1H3,(H,24,28)(H,27,29)(H,30,31)/t18-/m0/s1. The summed E-state index contributed by atoms with van der Waals surface area (Å²) in [4.78, 5) is 45.7. The third-order valence-electron chi connectivity index (χ3n) is 5.41. The van der Waals surface area contributed by atoms with Gasteiger partial charge in [-0.2, -0.15) is 0 Å². The molecule has 0 spiro atoms. The second kappa shape index (κ2) is 9.27. The summed E-state index contributed by atoms with van der Waals surface area (Å²) in [6, 6.07) is 8.12. The fraction of sp³-hybridized carbons (Fsp3) is 0.261. The minimum absolute atomic E-state index is 0.101. The summed E-state index contributed by atoms with van der Waals surface area (Å²) in [5.74, 6) is -1.76. The number of carbonyl (C=O) groups is 3. The van der Waals surface area contributed by atoms with Crippen LogP contribution in [0.5, 0.6) is 0 Å². The number of nitrogens with one attached hydrogen (secondary N) is 2. The molecular weight excluding hydrogens is 428 g/mol. The second-order valence-electron chi connectivity index (χ2n) is 7.53. The lowest BCUT2D eigenvalue weighted by Crippen LogP contribution is -2.29. The number of benzene rings is 1. The molecule has 8 nitrogen and oxygen atoms in total. The number of aryl methyl sites for hydroxylation is 2. The first-order valence-electron chi connectivity index (χ1n) is 10.3. The van der Waals surface area contributed by atoms with Crippen molar-refractivity contribution < 1.29 is 19.5 Å². The Kier molecular flexibility index (Phi) is 6.27. The fourth-order valence-corrected chi connectivity index (χ4v) is 4.56. The Morgan fingerprint density at radius 3 is 2.62 bits per heavy atom. The van der Waals surface area contributed by atoms with E-state index in [9.17, 15) is 14.4 Å². The Hall–Kier alpha value is -3.59. The summed E-state index contributed by atoms with van der Waals surface area (Å²) >= 11 is 1.66. The van der Waals surface area contributed by atoms with E-state index in [1.54, 1.807) is 23.5 Å². The van der Waals surface area contributed by atoms with Gasteiger partial charge in [0, 0.05) is 17.5 Å². The maximum absolute atomic E-state index is 12.7. The van der Waals surface area contributed by atoms with Crippen LogP contribution in [0.2, 0.25) is 0 Å². The number of hydrogen-bond acceptors (Lipinski definition) is 6. The Morgan fingerprint density at radius 2 is 1.91 bits per heavy atom. The molecule has 0 bridgehead atoms. The first kappa shape index (κ1) is 21.6. The number of hydrogen-bond donors (Lipinski definition) is 3. The molecule has 1 aromatic carbocycles. The highest BCUT2D eigenvalue weighted by atomic mass is 32.1. The van der Waals surface area contributed by atoms with Gasteiger partial charge in [-0.25, -0.2) is 14.8 Å². The molecule has 2 aromatic heterocycles. The molecule has 0 fully saturated rings. The average molecular weight is 451 g/mol. The van der Waals surface area contributed by atoms with Gasteiger partial charge in [-0.15, -0.1) is 11.3 Å². The van der Waals surface area contributed by atoms with E-state index >= 15 is 0 Å². The Morgan fingerprint density at radius 1 is 1.12 bits per heavy atom. The number of aromatic nitrogens is 2. The third-order valence-corrected chi connectivity index (χ3v) is 6.54. The number of thiophene rings is 1. The van der Waals surface area contributed by atoms with Gasteiger partial charge in [-0.3, -0.25) is 9.59 Å². The monoisotopic (exact) mass is 450 g/mol. The Labute approximate surface area is 188 Å². The van der Waals surface area contributed by atoms with Gasteiger partial charge in [-0.1, -0.05) is 13.0 Å². The average Bonchev–Trinajstić information content (AvgIpc) is 3.44. The van der Waals surface area contributed by atoms with Crippen molar-refractivity contribution in [2.75, 3.05) is 0 Å². The first-order chi connectivity index (χ1) is 15.4. The SMILES string of the molecule is CCc1cc(CNC(=O)c2cc(C(=O)N[C@H]3CCc4cc(C(=O)O)ccc43)ncn2)cs1. The van der Waals surface area contributed by atoms with E-state index in [2.05, 4.69) is 33.6 Å². The number of aromatic carboxylic acids is 1. The van der Waals surface area contributed by atoms with Gasteiger partial charge in [0.05, 0.1) is 11.6 Å². The zero-order valence-electron chi connectivity index (χ0n) is 17.4. The van der Waals surface area contributed by atoms with Gasteiger partial charge in [-0.05, 0) is 59.5 Å². The summed E-state index contributed by atoms with van der Waals surface area (Å²) in [6.45, 7) is 2.47. The van der Waals surface area contributed by atoms with E-state index in [0.717, 1.165) is 23.1 Å². The molecule has 32 heavy (non-hydrogen) atoms. The van der Waals surface area contributed by atoms with Gasteiger partial charge < -0.3 is 15.7 Å². The van der Waals surface area contributed by atoms with E-state index in [0.29, 0.717) is 19.4 Å². The van der Waals surface area contributed by atoms with Crippen molar-refractivity contribution in [1.29, 1.82) is 0 Å². The highest BCUT2D eigenvalue weighted by Crippen LogP contribution is 2.32. The molecular formula is C23H22N4O4S. The minimum atomic E-state index is -0.975. The quantitative estimate of drug-likeness (QED) is 0.508. The normalized spacial score (nSPS) is 14.6. The summed E-state index contributed by atoms with van der Waals surface area (Å²) < 4.78 is 0. The summed E-state index contributed by atoms with van der Waals surface area (Å²) in [5.41, 5.74) is 3.29. The highest BCUT2D eigenvalue weighted by molar-refractivity contribution is 7.10. The van der Waals surface area contributed by atoms with Crippen molar-refractivity contribution >= 4 is 29.1 Å². The van der Waals surface area contributed by atoms with Gasteiger partial charge >= 0.3 is 5.97 Å². The predicted octanol–water partition coefficient (Wildman–Crippen LogP) is 3.15. The van der Waals surface area contributed by atoms with Crippen molar-refractivity contribution in [1.82, 2.24) is 20.6 Å². The van der Waals surface area contributed by atoms with Crippen molar-refractivity contribution in [2.45, 2.75) is 38.8 Å². The Balaban J connectivity index is 1.40. The number of carboxylic acids is 1. The van der Waals surface area contributed by atoms with Crippen LogP contribution in [0, 0.1) is 0 Å². The maximum atomic E-state index is 12.7. The van der Waals surface area contributed by atoms with Crippen molar-refractivity contribution in [2.24, 2.45) is 0 Å². The number of nitrogens with zero attached hydrogens (tertiary/aromatic N) is 2. The van der Waals surface area contributed by atoms with Crippen LogP contribution >= 0.6 is 11.3 Å². The van der Waals surface area contributed by atoms with Crippen LogP contribution in [-0.4, -0.2) is 32.9 Å². The molecule has 1 aliphatic rings. The smallest absolute Gasteiger partial charge is 0.335 e. The van der Waals surface area contributed by atoms with Gasteiger partial charge in [0.2, 0.25) is 0 Å². The van der Waals surface area contributed by atoms with Crippen LogP contribution in [0.3, 0.4) is 0 Å². The molecule has 1 aliphatic carbocycles. The van der Waals surface area contributed by atoms with Crippen LogP contribution in [0.15, 0.2) is 42.0 Å².